The number of hydrogen-bond donors (Lipinski definition) is 6. The van der Waals surface area contributed by atoms with E-state index in [0.29, 0.717) is 84.6 Å². The summed E-state index contributed by atoms with van der Waals surface area (Å²) < 4.78 is 102. The first-order valence-electron chi connectivity index (χ1n) is 21.6. The first kappa shape index (κ1) is 46.8. The fourth-order valence-electron chi connectivity index (χ4n) is 8.60. The van der Waals surface area contributed by atoms with Gasteiger partial charge in [0.05, 0.1) is 37.5 Å². The van der Waals surface area contributed by atoms with Crippen molar-refractivity contribution in [2.45, 2.75) is 53.2 Å². The molecule has 0 fully saturated rings. The van der Waals surface area contributed by atoms with Crippen LogP contribution >= 0.6 is 0 Å². The fraction of sp³-hybridized carbons (Fsp3) is 0.118. The zero-order chi connectivity index (χ0) is 48.7. The van der Waals surface area contributed by atoms with Crippen molar-refractivity contribution in [2.75, 3.05) is 0 Å². The third-order valence-electron chi connectivity index (χ3n) is 11.9. The lowest BCUT2D eigenvalue weighted by molar-refractivity contribution is -0.137. The minimum absolute atomic E-state index is 0.152. The number of carboxylic acid groups (broad SMARTS) is 1. The number of nitrogens with one attached hydrogen (secondary N) is 2. The van der Waals surface area contributed by atoms with Crippen molar-refractivity contribution in [3.63, 3.8) is 0 Å². The number of benzene rings is 4. The number of nitrogens with zero attached hydrogens (tertiary/aromatic N) is 2. The molecule has 0 radical (unpaired) electrons. The Kier molecular flexibility index (Phi) is 12.6. The summed E-state index contributed by atoms with van der Waals surface area (Å²) >= 11 is 0. The Morgan fingerprint density at radius 2 is 0.696 bits per heavy atom. The molecule has 0 spiro atoms. The molecule has 3 aromatic heterocycles. The first-order valence-corrected chi connectivity index (χ1v) is 25.9. The lowest BCUT2D eigenvalue weighted by Crippen LogP contribution is -1.97. The van der Waals surface area contributed by atoms with Crippen molar-refractivity contribution in [1.29, 1.82) is 0 Å². The number of rotatable bonds is 14. The van der Waals surface area contributed by atoms with Crippen LogP contribution in [-0.2, 0) is 41.6 Å². The Bertz CT molecular complexity index is 3680. The minimum Gasteiger partial charge on any atom is -0.481 e. The van der Waals surface area contributed by atoms with E-state index in [1.165, 1.54) is 36.4 Å². The van der Waals surface area contributed by atoms with Gasteiger partial charge in [-0.3, -0.25) is 18.5 Å². The predicted octanol–water partition coefficient (Wildman–Crippen LogP) is 10.6. The van der Waals surface area contributed by atoms with Gasteiger partial charge in [0, 0.05) is 50.7 Å². The summed E-state index contributed by atoms with van der Waals surface area (Å²) in [4.78, 5) is 27.5. The molecule has 0 amide bonds. The zero-order valence-corrected chi connectivity index (χ0v) is 38.8. The summed E-state index contributed by atoms with van der Waals surface area (Å²) in [6.07, 6.45) is 11.5. The molecule has 0 saturated heterocycles. The third-order valence-corrected chi connectivity index (χ3v) is 14.5. The fourth-order valence-corrected chi connectivity index (χ4v) is 10.0. The Morgan fingerprint density at radius 3 is 0.986 bits per heavy atom. The van der Waals surface area contributed by atoms with Crippen LogP contribution in [0.3, 0.4) is 0 Å². The van der Waals surface area contributed by atoms with Crippen LogP contribution in [0.1, 0.15) is 60.4 Å². The summed E-state index contributed by atoms with van der Waals surface area (Å²) in [5, 5.41) is 8.99. The largest absolute Gasteiger partial charge is 0.481 e. The lowest BCUT2D eigenvalue weighted by Gasteiger charge is -2.08. The normalized spacial score (nSPS) is 12.7. The molecule has 69 heavy (non-hydrogen) atoms. The summed E-state index contributed by atoms with van der Waals surface area (Å²) in [6.45, 7) is 0. The number of aromatic nitrogens is 4. The third kappa shape index (κ3) is 10.1. The number of H-pyrrole nitrogens is 2. The van der Waals surface area contributed by atoms with E-state index in [1.54, 1.807) is 48.6 Å². The summed E-state index contributed by atoms with van der Waals surface area (Å²) in [6, 6.07) is 32.7. The predicted molar refractivity (Wildman–Crippen MR) is 264 cm³/mol. The second-order valence-corrected chi connectivity index (χ2v) is 20.8. The summed E-state index contributed by atoms with van der Waals surface area (Å²) in [5.41, 5.74) is 10.4. The van der Waals surface area contributed by atoms with Crippen LogP contribution in [0.15, 0.2) is 136 Å². The molecule has 9 rings (SSSR count). The monoisotopic (exact) mass is 982 g/mol. The van der Waals surface area contributed by atoms with Gasteiger partial charge in [-0.25, -0.2) is 9.97 Å². The van der Waals surface area contributed by atoms with Crippen molar-refractivity contribution in [3.05, 3.63) is 150 Å². The van der Waals surface area contributed by atoms with Crippen LogP contribution in [0, 0.1) is 0 Å². The molecule has 4 aromatic carbocycles. The molecule has 2 aliphatic heterocycles. The van der Waals surface area contributed by atoms with E-state index < -0.39 is 36.3 Å². The average molecular weight is 983 g/mol. The number of aromatic amines is 2. The molecule has 0 saturated carbocycles. The Labute approximate surface area is 396 Å². The molecular weight excluding hydrogens is 941 g/mol. The van der Waals surface area contributed by atoms with E-state index in [2.05, 4.69) is 22.1 Å². The number of carbonyl (C=O) groups is 1. The van der Waals surface area contributed by atoms with Gasteiger partial charge in [-0.1, -0.05) is 73.5 Å². The van der Waals surface area contributed by atoms with Gasteiger partial charge in [-0.2, -0.15) is 25.3 Å². The van der Waals surface area contributed by atoms with Crippen LogP contribution < -0.4 is 0 Å². The molecule has 7 aromatic rings. The van der Waals surface area contributed by atoms with Crippen molar-refractivity contribution in [3.8, 4) is 44.5 Å². The van der Waals surface area contributed by atoms with Crippen molar-refractivity contribution >= 4 is 82.7 Å². The van der Waals surface area contributed by atoms with E-state index in [-0.39, 0.29) is 21.1 Å². The van der Waals surface area contributed by atoms with Crippen LogP contribution in [0.4, 0.5) is 0 Å². The molecule has 6 N–H and O–H groups in total. The van der Waals surface area contributed by atoms with Crippen LogP contribution in [0.25, 0.3) is 90.9 Å². The maximum Gasteiger partial charge on any atom is 0.303 e. The number of aliphatic carboxylic acids is 1. The van der Waals surface area contributed by atoms with Crippen LogP contribution in [-0.4, -0.2) is 69.9 Å². The highest BCUT2D eigenvalue weighted by molar-refractivity contribution is 7.86. The van der Waals surface area contributed by atoms with Gasteiger partial charge in [-0.15, -0.1) is 0 Å². The second-order valence-electron chi connectivity index (χ2n) is 16.5. The van der Waals surface area contributed by atoms with Gasteiger partial charge in [0.15, 0.2) is 0 Å². The van der Waals surface area contributed by atoms with Crippen LogP contribution in [0.5, 0.6) is 0 Å². The molecule has 5 heterocycles. The Hall–Kier alpha value is -7.32. The van der Waals surface area contributed by atoms with Crippen molar-refractivity contribution in [2.24, 2.45) is 0 Å². The van der Waals surface area contributed by atoms with Gasteiger partial charge < -0.3 is 15.1 Å². The molecule has 0 unspecified atom stereocenters. The highest BCUT2D eigenvalue weighted by Crippen LogP contribution is 2.39. The smallest absolute Gasteiger partial charge is 0.303 e. The van der Waals surface area contributed by atoms with E-state index in [9.17, 15) is 43.7 Å². The topological polar surface area (TPSA) is 258 Å². The van der Waals surface area contributed by atoms with Gasteiger partial charge in [0.25, 0.3) is 30.4 Å². The number of carboxylic acids is 1. The Balaban J connectivity index is 1.33. The quantitative estimate of drug-likeness (QED) is 0.0438. The molecule has 2 aliphatic rings. The number of fused-ring (bicyclic) bond motifs is 8. The summed E-state index contributed by atoms with van der Waals surface area (Å²) in [7, 11) is -13.6. The second kappa shape index (κ2) is 18.6. The van der Waals surface area contributed by atoms with Gasteiger partial charge in [-0.05, 0) is 132 Å². The number of unbranched alkanes of at least 4 members (excludes halogenated alkanes) is 3. The molecule has 0 atom stereocenters. The Morgan fingerprint density at radius 1 is 0.406 bits per heavy atom. The van der Waals surface area contributed by atoms with Crippen molar-refractivity contribution in [1.82, 2.24) is 19.9 Å². The van der Waals surface area contributed by atoms with E-state index in [0.717, 1.165) is 42.4 Å². The average Bonchev–Trinajstić information content (AvgIpc) is 4.16. The number of hydrogen-bond acceptors (Lipinski definition) is 9. The highest BCUT2D eigenvalue weighted by Gasteiger charge is 2.21. The maximum atomic E-state index is 12.1. The zero-order valence-electron chi connectivity index (χ0n) is 36.4. The molecule has 8 bridgehead atoms. The van der Waals surface area contributed by atoms with Gasteiger partial charge in [0.2, 0.25) is 0 Å². The minimum atomic E-state index is -4.53. The maximum absolute atomic E-state index is 12.1. The molecule has 15 nitrogen and oxygen atoms in total. The van der Waals surface area contributed by atoms with Gasteiger partial charge in [0.1, 0.15) is 0 Å². The van der Waals surface area contributed by atoms with Crippen LogP contribution in [0.2, 0.25) is 0 Å². The lowest BCUT2D eigenvalue weighted by atomic mass is 9.99. The molecular formula is C51H42N4O11S3. The molecule has 18 heteroatoms. The number of aryl methyl sites for hydroxylation is 1. The van der Waals surface area contributed by atoms with E-state index in [1.807, 2.05) is 48.6 Å². The molecule has 0 aliphatic carbocycles. The van der Waals surface area contributed by atoms with E-state index >= 15 is 0 Å². The molecule has 350 valence electrons. The standard InChI is InChI=1S/C51H42N4O11S3/c56-47(57)6-4-2-1-3-5-31-7-9-32(10-8-31)48-39-23-25-41(52-39)49(33-11-17-36(18-12-33)67(58,59)60)43-27-29-45(54-43)51(35-15-21-38(22-16-35)69(64,65)66)46-30-28-44(55-46)50(42-26-24-40(48)53-42)34-13-19-37(20-14-34)68(61,62)63/h7-30,52,55H,1-6H2,(H,56,57)(H,58,59,60)(H,61,62,63)(H,64,65,66). The van der Waals surface area contributed by atoms with Crippen molar-refractivity contribution < 1.29 is 48.8 Å². The summed E-state index contributed by atoms with van der Waals surface area (Å²) in [5.74, 6) is -0.798. The SMILES string of the molecule is O=C(O)CCCCCCc1ccc(-c2c3nc(c(-c4ccc(S(=O)(=O)O)cc4)c4ccc([nH]4)c(-c4ccc(S(=O)(=O)O)cc4)c4nc(c(-c5ccc(S(=O)(=O)O)cc5)c5ccc2[nH]5)C=C4)C=C3)cc1. The van der Waals surface area contributed by atoms with E-state index in [4.69, 9.17) is 15.1 Å². The highest BCUT2D eigenvalue weighted by atomic mass is 32.2. The van der Waals surface area contributed by atoms with Gasteiger partial charge >= 0.3 is 5.97 Å². The first-order chi connectivity index (χ1) is 32.9.